The second-order valence-electron chi connectivity index (χ2n) is 6.05. The van der Waals surface area contributed by atoms with Crippen molar-refractivity contribution >= 4 is 11.3 Å². The van der Waals surface area contributed by atoms with Crippen LogP contribution in [0.3, 0.4) is 0 Å². The average molecular weight is 280 g/mol. The van der Waals surface area contributed by atoms with Crippen LogP contribution in [-0.2, 0) is 6.42 Å². The van der Waals surface area contributed by atoms with E-state index in [1.807, 2.05) is 11.3 Å². The van der Waals surface area contributed by atoms with Crippen molar-refractivity contribution in [3.05, 3.63) is 16.1 Å². The van der Waals surface area contributed by atoms with E-state index in [1.54, 1.807) is 0 Å². The molecule has 0 bridgehead atoms. The van der Waals surface area contributed by atoms with E-state index in [0.29, 0.717) is 6.04 Å². The molecule has 2 nitrogen and oxygen atoms in total. The van der Waals surface area contributed by atoms with Crippen LogP contribution in [0, 0.1) is 18.8 Å². The highest BCUT2D eigenvalue weighted by Gasteiger charge is 2.27. The van der Waals surface area contributed by atoms with Crippen LogP contribution in [0.15, 0.2) is 5.38 Å². The van der Waals surface area contributed by atoms with Gasteiger partial charge in [-0.25, -0.2) is 4.98 Å². The van der Waals surface area contributed by atoms with Crippen molar-refractivity contribution in [1.29, 1.82) is 0 Å². The van der Waals surface area contributed by atoms with E-state index in [2.05, 4.69) is 36.6 Å². The third kappa shape index (κ3) is 4.28. The summed E-state index contributed by atoms with van der Waals surface area (Å²) in [6, 6.07) is 0.619. The minimum atomic E-state index is 0.619. The molecule has 1 unspecified atom stereocenters. The zero-order valence-corrected chi connectivity index (χ0v) is 13.4. The highest BCUT2D eigenvalue weighted by molar-refractivity contribution is 7.09. The smallest absolute Gasteiger partial charge is 0.0943 e. The minimum Gasteiger partial charge on any atom is -0.316 e. The molecule has 0 aromatic carbocycles. The van der Waals surface area contributed by atoms with Crippen molar-refractivity contribution in [3.8, 4) is 0 Å². The van der Waals surface area contributed by atoms with E-state index in [0.717, 1.165) is 18.3 Å². The monoisotopic (exact) mass is 280 g/mol. The summed E-state index contributed by atoms with van der Waals surface area (Å²) in [5.74, 6) is 1.85. The topological polar surface area (TPSA) is 24.9 Å². The van der Waals surface area contributed by atoms with Crippen LogP contribution < -0.4 is 5.32 Å². The minimum absolute atomic E-state index is 0.619. The maximum atomic E-state index is 4.62. The van der Waals surface area contributed by atoms with Crippen LogP contribution in [0.5, 0.6) is 0 Å². The molecule has 0 saturated heterocycles. The van der Waals surface area contributed by atoms with Crippen molar-refractivity contribution in [2.24, 2.45) is 11.8 Å². The SMILES string of the molecule is CCCC1CCC(C(Cc2nc(C)cs2)NC)CC1. The van der Waals surface area contributed by atoms with Gasteiger partial charge in [0.05, 0.1) is 5.01 Å². The van der Waals surface area contributed by atoms with E-state index >= 15 is 0 Å². The molecule has 19 heavy (non-hydrogen) atoms. The first-order chi connectivity index (χ1) is 9.22. The summed E-state index contributed by atoms with van der Waals surface area (Å²) in [4.78, 5) is 4.62. The van der Waals surface area contributed by atoms with Gasteiger partial charge in [-0.1, -0.05) is 32.6 Å². The first-order valence-electron chi connectivity index (χ1n) is 7.81. The Hall–Kier alpha value is -0.410. The molecular formula is C16H28N2S. The Balaban J connectivity index is 1.85. The van der Waals surface area contributed by atoms with Crippen LogP contribution in [-0.4, -0.2) is 18.1 Å². The van der Waals surface area contributed by atoms with Crippen LogP contribution in [0.2, 0.25) is 0 Å². The Bertz CT molecular complexity index is 367. The largest absolute Gasteiger partial charge is 0.316 e. The molecule has 2 rings (SSSR count). The summed E-state index contributed by atoms with van der Waals surface area (Å²) < 4.78 is 0. The number of aromatic nitrogens is 1. The summed E-state index contributed by atoms with van der Waals surface area (Å²) in [5.41, 5.74) is 1.17. The predicted octanol–water partition coefficient (Wildman–Crippen LogP) is 4.19. The predicted molar refractivity (Wildman–Crippen MR) is 83.8 cm³/mol. The van der Waals surface area contributed by atoms with E-state index in [9.17, 15) is 0 Å². The van der Waals surface area contributed by atoms with Gasteiger partial charge in [0.1, 0.15) is 0 Å². The van der Waals surface area contributed by atoms with Gasteiger partial charge < -0.3 is 5.32 Å². The average Bonchev–Trinajstić information content (AvgIpc) is 2.83. The van der Waals surface area contributed by atoms with Crippen molar-refractivity contribution < 1.29 is 0 Å². The Morgan fingerprint density at radius 1 is 1.37 bits per heavy atom. The summed E-state index contributed by atoms with van der Waals surface area (Å²) in [7, 11) is 2.11. The molecule has 1 aliphatic rings. The maximum absolute atomic E-state index is 4.62. The van der Waals surface area contributed by atoms with Crippen LogP contribution >= 0.6 is 11.3 Å². The third-order valence-corrected chi connectivity index (χ3v) is 5.58. The Morgan fingerprint density at radius 3 is 2.63 bits per heavy atom. The lowest BCUT2D eigenvalue weighted by Crippen LogP contribution is -2.37. The third-order valence-electron chi connectivity index (χ3n) is 4.59. The lowest BCUT2D eigenvalue weighted by molar-refractivity contribution is 0.217. The first-order valence-corrected chi connectivity index (χ1v) is 8.69. The van der Waals surface area contributed by atoms with Gasteiger partial charge in [-0.15, -0.1) is 11.3 Å². The highest BCUT2D eigenvalue weighted by atomic mass is 32.1. The molecule has 0 amide bonds. The van der Waals surface area contributed by atoms with Gasteiger partial charge in [0.15, 0.2) is 0 Å². The second kappa shape index (κ2) is 7.39. The number of thiazole rings is 1. The number of rotatable bonds is 6. The Labute approximate surface area is 122 Å². The fourth-order valence-corrected chi connectivity index (χ4v) is 4.31. The standard InChI is InChI=1S/C16H28N2S/c1-4-5-13-6-8-14(9-7-13)15(17-3)10-16-18-12(2)11-19-16/h11,13-15,17H,4-10H2,1-3H3. The summed E-state index contributed by atoms with van der Waals surface area (Å²) in [6.45, 7) is 4.40. The number of likely N-dealkylation sites (N-methyl/N-ethyl adjacent to an activating group) is 1. The molecule has 108 valence electrons. The molecule has 0 aliphatic heterocycles. The van der Waals surface area contributed by atoms with Gasteiger partial charge in [-0.2, -0.15) is 0 Å². The molecule has 0 spiro atoms. The van der Waals surface area contributed by atoms with Crippen LogP contribution in [0.25, 0.3) is 0 Å². The van der Waals surface area contributed by atoms with Crippen LogP contribution in [0.4, 0.5) is 0 Å². The van der Waals surface area contributed by atoms with Gasteiger partial charge in [-0.05, 0) is 38.6 Å². The molecule has 0 radical (unpaired) electrons. The summed E-state index contributed by atoms with van der Waals surface area (Å²) in [5, 5.41) is 7.01. The molecule has 1 saturated carbocycles. The number of aryl methyl sites for hydroxylation is 1. The van der Waals surface area contributed by atoms with Crippen molar-refractivity contribution in [1.82, 2.24) is 10.3 Å². The van der Waals surface area contributed by atoms with Crippen molar-refractivity contribution in [2.75, 3.05) is 7.05 Å². The number of hydrogen-bond acceptors (Lipinski definition) is 3. The quantitative estimate of drug-likeness (QED) is 0.845. The van der Waals surface area contributed by atoms with Gasteiger partial charge in [0, 0.05) is 23.5 Å². The number of hydrogen-bond donors (Lipinski definition) is 1. The van der Waals surface area contributed by atoms with E-state index < -0.39 is 0 Å². The molecule has 1 heterocycles. The van der Waals surface area contributed by atoms with E-state index in [1.165, 1.54) is 49.2 Å². The fourth-order valence-electron chi connectivity index (χ4n) is 3.48. The molecular weight excluding hydrogens is 252 g/mol. The van der Waals surface area contributed by atoms with Crippen LogP contribution in [0.1, 0.15) is 56.2 Å². The second-order valence-corrected chi connectivity index (χ2v) is 6.99. The number of nitrogens with zero attached hydrogens (tertiary/aromatic N) is 1. The Morgan fingerprint density at radius 2 is 2.11 bits per heavy atom. The maximum Gasteiger partial charge on any atom is 0.0943 e. The lowest BCUT2D eigenvalue weighted by Gasteiger charge is -2.33. The van der Waals surface area contributed by atoms with Gasteiger partial charge in [0.25, 0.3) is 0 Å². The summed E-state index contributed by atoms with van der Waals surface area (Å²) in [6.07, 6.45) is 9.58. The molecule has 1 aliphatic carbocycles. The van der Waals surface area contributed by atoms with Crippen molar-refractivity contribution in [2.45, 2.75) is 64.8 Å². The van der Waals surface area contributed by atoms with E-state index in [4.69, 9.17) is 0 Å². The molecule has 1 N–H and O–H groups in total. The Kier molecular flexibility index (Phi) is 5.83. The molecule has 3 heteroatoms. The van der Waals surface area contributed by atoms with Gasteiger partial charge in [0.2, 0.25) is 0 Å². The molecule has 1 aromatic heterocycles. The number of nitrogens with one attached hydrogen (secondary N) is 1. The highest BCUT2D eigenvalue weighted by Crippen LogP contribution is 2.34. The summed E-state index contributed by atoms with van der Waals surface area (Å²) >= 11 is 1.81. The zero-order chi connectivity index (χ0) is 13.7. The fraction of sp³-hybridized carbons (Fsp3) is 0.812. The van der Waals surface area contributed by atoms with Gasteiger partial charge >= 0.3 is 0 Å². The zero-order valence-electron chi connectivity index (χ0n) is 12.6. The first kappa shape index (κ1) is 15.0. The molecule has 1 atom stereocenters. The van der Waals surface area contributed by atoms with Crippen molar-refractivity contribution in [3.63, 3.8) is 0 Å². The lowest BCUT2D eigenvalue weighted by atomic mass is 9.76. The van der Waals surface area contributed by atoms with E-state index in [-0.39, 0.29) is 0 Å². The molecule has 1 aromatic rings. The molecule has 1 fully saturated rings. The normalized spacial score (nSPS) is 25.4. The van der Waals surface area contributed by atoms with Gasteiger partial charge in [-0.3, -0.25) is 0 Å².